The standard InChI is InChI=1S/C22H21BrN2O3/c1-14-4-6-19(23)20(25-14)13-27-17-5-7-21-18(10-17)22(26)16(12-28-21)9-15-3-2-8-24-11-15/h2-8,10-11,16,22,26H,9,12-13H2,1H3/t16-,22-/m1/s1. The van der Waals surface area contributed by atoms with Gasteiger partial charge in [-0.3, -0.25) is 9.97 Å². The third-order valence-electron chi connectivity index (χ3n) is 4.85. The number of nitrogens with zero attached hydrogens (tertiary/aromatic N) is 2. The van der Waals surface area contributed by atoms with Gasteiger partial charge in [-0.2, -0.15) is 0 Å². The molecule has 3 heterocycles. The summed E-state index contributed by atoms with van der Waals surface area (Å²) in [7, 11) is 0. The second-order valence-corrected chi connectivity index (χ2v) is 7.81. The van der Waals surface area contributed by atoms with Crippen molar-refractivity contribution in [2.75, 3.05) is 6.61 Å². The highest BCUT2D eigenvalue weighted by molar-refractivity contribution is 9.10. The highest BCUT2D eigenvalue weighted by Gasteiger charge is 2.30. The minimum Gasteiger partial charge on any atom is -0.493 e. The van der Waals surface area contributed by atoms with E-state index in [4.69, 9.17) is 9.47 Å². The zero-order valence-corrected chi connectivity index (χ0v) is 17.1. The van der Waals surface area contributed by atoms with Gasteiger partial charge in [0.25, 0.3) is 0 Å². The first kappa shape index (κ1) is 18.9. The lowest BCUT2D eigenvalue weighted by atomic mass is 9.88. The number of aromatic nitrogens is 2. The number of halogens is 1. The van der Waals surface area contributed by atoms with Crippen LogP contribution in [0.3, 0.4) is 0 Å². The van der Waals surface area contributed by atoms with Crippen molar-refractivity contribution in [2.45, 2.75) is 26.1 Å². The van der Waals surface area contributed by atoms with E-state index in [1.54, 1.807) is 6.20 Å². The molecule has 0 saturated heterocycles. The van der Waals surface area contributed by atoms with Crippen LogP contribution >= 0.6 is 15.9 Å². The van der Waals surface area contributed by atoms with Crippen LogP contribution in [0.1, 0.15) is 28.6 Å². The summed E-state index contributed by atoms with van der Waals surface area (Å²) in [4.78, 5) is 8.65. The monoisotopic (exact) mass is 440 g/mol. The minimum atomic E-state index is -0.615. The molecule has 1 aliphatic heterocycles. The van der Waals surface area contributed by atoms with E-state index in [0.717, 1.165) is 27.0 Å². The van der Waals surface area contributed by atoms with Gasteiger partial charge in [0, 0.05) is 34.0 Å². The molecule has 0 amide bonds. The Balaban J connectivity index is 1.49. The van der Waals surface area contributed by atoms with Gasteiger partial charge in [-0.05, 0) is 71.2 Å². The van der Waals surface area contributed by atoms with Gasteiger partial charge in [0.1, 0.15) is 18.1 Å². The van der Waals surface area contributed by atoms with Crippen molar-refractivity contribution >= 4 is 15.9 Å². The number of hydrogen-bond acceptors (Lipinski definition) is 5. The molecule has 0 unspecified atom stereocenters. The fourth-order valence-electron chi connectivity index (χ4n) is 3.36. The van der Waals surface area contributed by atoms with Crippen molar-refractivity contribution in [3.05, 3.63) is 81.8 Å². The number of benzene rings is 1. The molecule has 4 rings (SSSR count). The Bertz CT molecular complexity index is 965. The smallest absolute Gasteiger partial charge is 0.131 e. The van der Waals surface area contributed by atoms with Crippen LogP contribution in [-0.2, 0) is 13.0 Å². The first-order valence-electron chi connectivity index (χ1n) is 9.18. The number of pyridine rings is 2. The lowest BCUT2D eigenvalue weighted by molar-refractivity contribution is 0.0504. The molecule has 28 heavy (non-hydrogen) atoms. The minimum absolute atomic E-state index is 0.0282. The van der Waals surface area contributed by atoms with Crippen molar-refractivity contribution in [2.24, 2.45) is 5.92 Å². The lowest BCUT2D eigenvalue weighted by Crippen LogP contribution is -2.27. The molecule has 0 saturated carbocycles. The largest absolute Gasteiger partial charge is 0.493 e. The second-order valence-electron chi connectivity index (χ2n) is 6.95. The van der Waals surface area contributed by atoms with Crippen molar-refractivity contribution in [3.8, 4) is 11.5 Å². The predicted octanol–water partition coefficient (Wildman–Crippen LogP) is 4.41. The summed E-state index contributed by atoms with van der Waals surface area (Å²) in [6.45, 7) is 2.77. The summed E-state index contributed by atoms with van der Waals surface area (Å²) in [6, 6.07) is 13.4. The molecule has 5 nitrogen and oxygen atoms in total. The normalized spacial score (nSPS) is 18.2. The van der Waals surface area contributed by atoms with Crippen LogP contribution in [-0.4, -0.2) is 21.7 Å². The Kier molecular flexibility index (Phi) is 5.59. The van der Waals surface area contributed by atoms with Gasteiger partial charge in [0.15, 0.2) is 0 Å². The van der Waals surface area contributed by atoms with Crippen molar-refractivity contribution in [1.29, 1.82) is 0 Å². The van der Waals surface area contributed by atoms with Gasteiger partial charge in [-0.1, -0.05) is 6.07 Å². The molecular formula is C22H21BrN2O3. The van der Waals surface area contributed by atoms with Crippen LogP contribution in [0.25, 0.3) is 0 Å². The van der Waals surface area contributed by atoms with Crippen LogP contribution in [0, 0.1) is 12.8 Å². The van der Waals surface area contributed by atoms with E-state index in [9.17, 15) is 5.11 Å². The van der Waals surface area contributed by atoms with Crippen LogP contribution in [0.15, 0.2) is 59.3 Å². The molecule has 144 valence electrons. The number of aliphatic hydroxyl groups is 1. The molecule has 0 fully saturated rings. The molecular weight excluding hydrogens is 420 g/mol. The Morgan fingerprint density at radius 1 is 1.25 bits per heavy atom. The Hall–Kier alpha value is -2.44. The quantitative estimate of drug-likeness (QED) is 0.636. The topological polar surface area (TPSA) is 64.5 Å². The third kappa shape index (κ3) is 4.18. The molecule has 2 atom stereocenters. The second kappa shape index (κ2) is 8.29. The number of rotatable bonds is 5. The molecule has 1 N–H and O–H groups in total. The molecule has 3 aromatic rings. The maximum atomic E-state index is 10.9. The van der Waals surface area contributed by atoms with Gasteiger partial charge < -0.3 is 14.6 Å². The number of hydrogen-bond donors (Lipinski definition) is 1. The van der Waals surface area contributed by atoms with E-state index < -0.39 is 6.10 Å². The average Bonchev–Trinajstić information content (AvgIpc) is 2.72. The van der Waals surface area contributed by atoms with Crippen molar-refractivity contribution in [3.63, 3.8) is 0 Å². The SMILES string of the molecule is Cc1ccc(Br)c(COc2ccc3c(c2)[C@H](O)[C@H](Cc2cccnc2)CO3)n1. The van der Waals surface area contributed by atoms with Crippen molar-refractivity contribution in [1.82, 2.24) is 9.97 Å². The maximum absolute atomic E-state index is 10.9. The zero-order chi connectivity index (χ0) is 19.5. The molecule has 0 radical (unpaired) electrons. The van der Waals surface area contributed by atoms with Gasteiger partial charge in [-0.25, -0.2) is 0 Å². The first-order valence-corrected chi connectivity index (χ1v) is 9.98. The Morgan fingerprint density at radius 3 is 2.96 bits per heavy atom. The number of aryl methyl sites for hydroxylation is 1. The molecule has 0 spiro atoms. The molecule has 2 aromatic heterocycles. The van der Waals surface area contributed by atoms with Gasteiger partial charge in [0.2, 0.25) is 0 Å². The van der Waals surface area contributed by atoms with Crippen LogP contribution in [0.4, 0.5) is 0 Å². The van der Waals surface area contributed by atoms with E-state index in [0.29, 0.717) is 31.1 Å². The lowest BCUT2D eigenvalue weighted by Gasteiger charge is -2.30. The summed E-state index contributed by atoms with van der Waals surface area (Å²) in [5.74, 6) is 1.36. The Morgan fingerprint density at radius 2 is 2.14 bits per heavy atom. The van der Waals surface area contributed by atoms with E-state index in [-0.39, 0.29) is 5.92 Å². The molecule has 6 heteroatoms. The molecule has 0 aliphatic carbocycles. The van der Waals surface area contributed by atoms with Crippen molar-refractivity contribution < 1.29 is 14.6 Å². The van der Waals surface area contributed by atoms with Gasteiger partial charge >= 0.3 is 0 Å². The third-order valence-corrected chi connectivity index (χ3v) is 5.58. The summed E-state index contributed by atoms with van der Waals surface area (Å²) in [6.07, 6.45) is 3.67. The van der Waals surface area contributed by atoms with E-state index in [1.807, 2.05) is 55.6 Å². The summed E-state index contributed by atoms with van der Waals surface area (Å²) in [5, 5.41) is 10.9. The summed E-state index contributed by atoms with van der Waals surface area (Å²) in [5.41, 5.74) is 3.62. The molecule has 1 aliphatic rings. The highest BCUT2D eigenvalue weighted by atomic mass is 79.9. The first-order chi connectivity index (χ1) is 13.6. The number of fused-ring (bicyclic) bond motifs is 1. The maximum Gasteiger partial charge on any atom is 0.131 e. The number of ether oxygens (including phenoxy) is 2. The molecule has 0 bridgehead atoms. The van der Waals surface area contributed by atoms with E-state index in [2.05, 4.69) is 25.9 Å². The van der Waals surface area contributed by atoms with Crippen LogP contribution < -0.4 is 9.47 Å². The van der Waals surface area contributed by atoms with Gasteiger partial charge in [-0.15, -0.1) is 0 Å². The zero-order valence-electron chi connectivity index (χ0n) is 15.5. The summed E-state index contributed by atoms with van der Waals surface area (Å²) < 4.78 is 12.7. The van der Waals surface area contributed by atoms with Crippen LogP contribution in [0.5, 0.6) is 11.5 Å². The van der Waals surface area contributed by atoms with Crippen LogP contribution in [0.2, 0.25) is 0 Å². The van der Waals surface area contributed by atoms with E-state index in [1.165, 1.54) is 0 Å². The summed E-state index contributed by atoms with van der Waals surface area (Å²) >= 11 is 3.51. The number of aliphatic hydroxyl groups excluding tert-OH is 1. The highest BCUT2D eigenvalue weighted by Crippen LogP contribution is 2.39. The molecule has 1 aromatic carbocycles. The van der Waals surface area contributed by atoms with Gasteiger partial charge in [0.05, 0.1) is 18.4 Å². The van der Waals surface area contributed by atoms with E-state index >= 15 is 0 Å². The fraction of sp³-hybridized carbons (Fsp3) is 0.273. The average molecular weight is 441 g/mol. The fourth-order valence-corrected chi connectivity index (χ4v) is 3.69. The Labute approximate surface area is 172 Å². The predicted molar refractivity (Wildman–Crippen MR) is 109 cm³/mol.